The maximum Gasteiger partial charge on any atom is 0.275 e. The van der Waals surface area contributed by atoms with Crippen molar-refractivity contribution in [2.24, 2.45) is 4.99 Å². The van der Waals surface area contributed by atoms with Crippen molar-refractivity contribution in [3.05, 3.63) is 70.1 Å². The number of pyridine rings is 2. The Bertz CT molecular complexity index is 1220. The van der Waals surface area contributed by atoms with E-state index in [0.29, 0.717) is 52.8 Å². The molecule has 1 fully saturated rings. The van der Waals surface area contributed by atoms with Gasteiger partial charge in [0, 0.05) is 25.1 Å². The summed E-state index contributed by atoms with van der Waals surface area (Å²) in [6.45, 7) is 1.25. The van der Waals surface area contributed by atoms with Gasteiger partial charge in [0.15, 0.2) is 0 Å². The van der Waals surface area contributed by atoms with Gasteiger partial charge in [-0.2, -0.15) is 0 Å². The molecule has 33 heavy (non-hydrogen) atoms. The molecule has 1 unspecified atom stereocenters. The maximum atomic E-state index is 12.8. The number of nitrogens with one attached hydrogen (secondary N) is 2. The van der Waals surface area contributed by atoms with Gasteiger partial charge in [-0.25, -0.2) is 15.0 Å². The molecule has 1 saturated heterocycles. The molecule has 1 atom stereocenters. The van der Waals surface area contributed by atoms with Crippen molar-refractivity contribution in [1.82, 2.24) is 9.97 Å². The summed E-state index contributed by atoms with van der Waals surface area (Å²) in [5.41, 5.74) is 2.44. The van der Waals surface area contributed by atoms with Gasteiger partial charge in [0.25, 0.3) is 5.91 Å². The van der Waals surface area contributed by atoms with Gasteiger partial charge in [0.2, 0.25) is 0 Å². The Hall–Kier alpha value is -3.20. The number of amides is 1. The molecule has 5 rings (SSSR count). The number of aromatic nitrogens is 2. The molecule has 0 spiro atoms. The van der Waals surface area contributed by atoms with Gasteiger partial charge >= 0.3 is 0 Å². The van der Waals surface area contributed by atoms with Crippen molar-refractivity contribution in [3.63, 3.8) is 0 Å². The number of amidine groups is 1. The van der Waals surface area contributed by atoms with Gasteiger partial charge in [-0.05, 0) is 29.8 Å². The average Bonchev–Trinajstić information content (AvgIpc) is 3.45. The van der Waals surface area contributed by atoms with Gasteiger partial charge < -0.3 is 20.1 Å². The first-order valence-corrected chi connectivity index (χ1v) is 11.1. The normalized spacial score (nSPS) is 18.1. The van der Waals surface area contributed by atoms with Crippen LogP contribution in [0, 0.1) is 0 Å². The van der Waals surface area contributed by atoms with Crippen LogP contribution in [0.4, 0.5) is 17.2 Å². The van der Waals surface area contributed by atoms with Crippen molar-refractivity contribution >= 4 is 52.1 Å². The van der Waals surface area contributed by atoms with Crippen molar-refractivity contribution in [1.29, 1.82) is 0 Å². The highest BCUT2D eigenvalue weighted by Gasteiger charge is 2.21. The summed E-state index contributed by atoms with van der Waals surface area (Å²) in [6.07, 6.45) is 4.53. The summed E-state index contributed by atoms with van der Waals surface area (Å²) in [5.74, 6) is 1.31. The molecule has 2 N–H and O–H groups in total. The number of ether oxygens (including phenoxy) is 2. The minimum atomic E-state index is -0.369. The lowest BCUT2D eigenvalue weighted by molar-refractivity contribution is 0.102. The molecule has 8 nitrogen and oxygen atoms in total. The third-order valence-corrected chi connectivity index (χ3v) is 5.82. The van der Waals surface area contributed by atoms with E-state index in [9.17, 15) is 4.79 Å². The number of halogens is 2. The first-order valence-electron chi connectivity index (χ1n) is 10.3. The predicted molar refractivity (Wildman–Crippen MR) is 127 cm³/mol. The van der Waals surface area contributed by atoms with Gasteiger partial charge in [-0.15, -0.1) is 0 Å². The molecule has 1 aromatic carbocycles. The van der Waals surface area contributed by atoms with Crippen LogP contribution in [0.25, 0.3) is 0 Å². The average molecular weight is 484 g/mol. The first kappa shape index (κ1) is 21.6. The molecule has 2 aliphatic rings. The number of hydrogen-bond donors (Lipinski definition) is 2. The van der Waals surface area contributed by atoms with E-state index in [1.165, 1.54) is 0 Å². The van der Waals surface area contributed by atoms with Crippen LogP contribution >= 0.6 is 23.2 Å². The molecule has 3 aromatic rings. The Morgan fingerprint density at radius 3 is 2.85 bits per heavy atom. The molecular weight excluding hydrogens is 465 g/mol. The summed E-state index contributed by atoms with van der Waals surface area (Å²) >= 11 is 12.4. The summed E-state index contributed by atoms with van der Waals surface area (Å²) in [7, 11) is 0. The Kier molecular flexibility index (Phi) is 6.13. The minimum absolute atomic E-state index is 0.0123. The quantitative estimate of drug-likeness (QED) is 0.535. The molecule has 2 aromatic heterocycles. The summed E-state index contributed by atoms with van der Waals surface area (Å²) < 4.78 is 11.2. The van der Waals surface area contributed by atoms with E-state index in [4.69, 9.17) is 32.7 Å². The molecule has 0 saturated carbocycles. The number of aliphatic imine (C=N–C) groups is 1. The van der Waals surface area contributed by atoms with Crippen molar-refractivity contribution in [2.75, 3.05) is 23.8 Å². The van der Waals surface area contributed by atoms with Crippen LogP contribution in [-0.2, 0) is 11.2 Å². The Morgan fingerprint density at radius 1 is 1.21 bits per heavy atom. The van der Waals surface area contributed by atoms with Gasteiger partial charge in [0.05, 0.1) is 35.1 Å². The van der Waals surface area contributed by atoms with Gasteiger partial charge in [-0.1, -0.05) is 29.3 Å². The zero-order valence-corrected chi connectivity index (χ0v) is 18.9. The number of para-hydroxylation sites is 1. The third kappa shape index (κ3) is 4.93. The van der Waals surface area contributed by atoms with Crippen LogP contribution < -0.4 is 15.4 Å². The van der Waals surface area contributed by atoms with E-state index >= 15 is 0 Å². The zero-order valence-electron chi connectivity index (χ0n) is 17.3. The smallest absolute Gasteiger partial charge is 0.275 e. The molecule has 168 valence electrons. The lowest BCUT2D eigenvalue weighted by Gasteiger charge is -2.12. The SMILES string of the molecule is O=C(Nc1cc(OC2CCOC2)ccn1)c1cc2c(cn1)NC(=Nc1c(Cl)cccc1Cl)C2. The summed E-state index contributed by atoms with van der Waals surface area (Å²) in [6, 6.07) is 10.4. The number of carbonyl (C=O) groups is 1. The molecule has 4 heterocycles. The number of rotatable bonds is 5. The van der Waals surface area contributed by atoms with E-state index in [2.05, 4.69) is 25.6 Å². The third-order valence-electron chi connectivity index (χ3n) is 5.21. The molecular formula is C23H19Cl2N5O3. The second-order valence-electron chi connectivity index (χ2n) is 7.59. The lowest BCUT2D eigenvalue weighted by Crippen LogP contribution is -2.17. The molecule has 0 radical (unpaired) electrons. The van der Waals surface area contributed by atoms with Crippen LogP contribution in [0.1, 0.15) is 22.5 Å². The highest BCUT2D eigenvalue weighted by atomic mass is 35.5. The van der Waals surface area contributed by atoms with Crippen molar-refractivity contribution in [3.8, 4) is 5.75 Å². The Morgan fingerprint density at radius 2 is 2.06 bits per heavy atom. The van der Waals surface area contributed by atoms with Crippen LogP contribution in [0.15, 0.2) is 53.8 Å². The Balaban J connectivity index is 1.28. The van der Waals surface area contributed by atoms with E-state index in [1.807, 2.05) is 0 Å². The second-order valence-corrected chi connectivity index (χ2v) is 8.41. The Labute approximate surface area is 200 Å². The molecule has 0 bridgehead atoms. The molecule has 2 aliphatic heterocycles. The standard InChI is InChI=1S/C23H19Cl2N5O3/c24-16-2-1-3-17(25)22(16)29-21-9-13-8-18(27-11-19(13)28-21)23(31)30-20-10-14(4-6-26-20)33-15-5-7-32-12-15/h1-4,6,8,10-11,15H,5,7,9,12H2,(H,28,29)(H,26,30,31). The fourth-order valence-electron chi connectivity index (χ4n) is 3.59. The fraction of sp³-hybridized carbons (Fsp3) is 0.217. The number of carbonyl (C=O) groups excluding carboxylic acids is 1. The monoisotopic (exact) mass is 483 g/mol. The van der Waals surface area contributed by atoms with E-state index in [-0.39, 0.29) is 17.7 Å². The number of hydrogen-bond acceptors (Lipinski definition) is 6. The van der Waals surface area contributed by atoms with Gasteiger partial charge in [-0.3, -0.25) is 4.79 Å². The van der Waals surface area contributed by atoms with Crippen molar-refractivity contribution in [2.45, 2.75) is 18.9 Å². The van der Waals surface area contributed by atoms with E-state index in [1.54, 1.807) is 48.8 Å². The lowest BCUT2D eigenvalue weighted by atomic mass is 10.1. The number of benzene rings is 1. The largest absolute Gasteiger partial charge is 0.488 e. The maximum absolute atomic E-state index is 12.8. The highest BCUT2D eigenvalue weighted by molar-refractivity contribution is 6.39. The highest BCUT2D eigenvalue weighted by Crippen LogP contribution is 2.34. The van der Waals surface area contributed by atoms with Crippen LogP contribution in [-0.4, -0.2) is 41.0 Å². The van der Waals surface area contributed by atoms with E-state index < -0.39 is 0 Å². The molecule has 1 amide bonds. The van der Waals surface area contributed by atoms with Crippen LogP contribution in [0.2, 0.25) is 10.0 Å². The zero-order chi connectivity index (χ0) is 22.8. The fourth-order valence-corrected chi connectivity index (χ4v) is 4.07. The number of fused-ring (bicyclic) bond motifs is 1. The summed E-state index contributed by atoms with van der Waals surface area (Å²) in [5, 5.41) is 6.89. The number of anilines is 2. The summed E-state index contributed by atoms with van der Waals surface area (Å²) in [4.78, 5) is 25.8. The van der Waals surface area contributed by atoms with Crippen LogP contribution in [0.5, 0.6) is 5.75 Å². The molecule has 10 heteroatoms. The minimum Gasteiger partial charge on any atom is -0.488 e. The topological polar surface area (TPSA) is 97.7 Å². The van der Waals surface area contributed by atoms with E-state index in [0.717, 1.165) is 17.7 Å². The van der Waals surface area contributed by atoms with Gasteiger partial charge in [0.1, 0.15) is 34.9 Å². The molecule has 0 aliphatic carbocycles. The van der Waals surface area contributed by atoms with Crippen LogP contribution in [0.3, 0.4) is 0 Å². The first-order chi connectivity index (χ1) is 16.0. The van der Waals surface area contributed by atoms with Crippen molar-refractivity contribution < 1.29 is 14.3 Å². The predicted octanol–water partition coefficient (Wildman–Crippen LogP) is 4.90. The number of nitrogens with zero attached hydrogens (tertiary/aromatic N) is 3. The second kappa shape index (κ2) is 9.35.